The molecule has 1 fully saturated rings. The predicted octanol–water partition coefficient (Wildman–Crippen LogP) is 2.05. The maximum absolute atomic E-state index is 12.0. The minimum Gasteiger partial charge on any atom is -0.399 e. The van der Waals surface area contributed by atoms with Crippen molar-refractivity contribution in [1.82, 2.24) is 9.97 Å². The predicted molar refractivity (Wildman–Crippen MR) is 69.1 cm³/mol. The summed E-state index contributed by atoms with van der Waals surface area (Å²) < 4.78 is 12.0. The Labute approximate surface area is 102 Å². The minimum atomic E-state index is -1.01. The number of aromatic amines is 1. The second-order valence-electron chi connectivity index (χ2n) is 4.60. The highest BCUT2D eigenvalue weighted by Gasteiger charge is 2.22. The number of hydrogen-bond donors (Lipinski definition) is 2. The van der Waals surface area contributed by atoms with E-state index in [1.54, 1.807) is 6.07 Å². The standard InChI is InChI=1S/C12H15N3OS/c13-9-3-4-10-11(7-9)15-12(14-10)17(16)6-5-8-1-2-8/h3-4,7-8H,1-2,5-6,13H2,(H,14,15). The van der Waals surface area contributed by atoms with Crippen molar-refractivity contribution in [3.8, 4) is 0 Å². The number of imidazole rings is 1. The number of rotatable bonds is 4. The van der Waals surface area contributed by atoms with Crippen molar-refractivity contribution in [3.63, 3.8) is 0 Å². The fraction of sp³-hybridized carbons (Fsp3) is 0.417. The first-order valence-electron chi connectivity index (χ1n) is 5.86. The van der Waals surface area contributed by atoms with Crippen molar-refractivity contribution in [2.75, 3.05) is 11.5 Å². The van der Waals surface area contributed by atoms with Crippen molar-refractivity contribution in [3.05, 3.63) is 18.2 Å². The Morgan fingerprint density at radius 2 is 2.29 bits per heavy atom. The number of nitrogens with zero attached hydrogens (tertiary/aromatic N) is 1. The van der Waals surface area contributed by atoms with E-state index in [1.807, 2.05) is 12.1 Å². The number of nitrogens with two attached hydrogens (primary N) is 1. The zero-order valence-corrected chi connectivity index (χ0v) is 10.3. The van der Waals surface area contributed by atoms with Gasteiger partial charge in [0.1, 0.15) is 0 Å². The third-order valence-electron chi connectivity index (χ3n) is 3.11. The number of H-pyrrole nitrogens is 1. The largest absolute Gasteiger partial charge is 0.399 e. The average molecular weight is 249 g/mol. The summed E-state index contributed by atoms with van der Waals surface area (Å²) in [4.78, 5) is 7.43. The fourth-order valence-electron chi connectivity index (χ4n) is 1.89. The van der Waals surface area contributed by atoms with Gasteiger partial charge in [0, 0.05) is 11.4 Å². The molecule has 0 radical (unpaired) electrons. The van der Waals surface area contributed by atoms with Crippen molar-refractivity contribution in [1.29, 1.82) is 0 Å². The van der Waals surface area contributed by atoms with Gasteiger partial charge in [-0.25, -0.2) is 4.98 Å². The average Bonchev–Trinajstić information content (AvgIpc) is 3.04. The maximum atomic E-state index is 12.0. The van der Waals surface area contributed by atoms with Crippen molar-refractivity contribution in [2.24, 2.45) is 5.92 Å². The molecule has 4 nitrogen and oxygen atoms in total. The lowest BCUT2D eigenvalue weighted by Gasteiger charge is -1.96. The molecule has 0 bridgehead atoms. The van der Waals surface area contributed by atoms with Gasteiger partial charge in [-0.15, -0.1) is 0 Å². The topological polar surface area (TPSA) is 71.8 Å². The SMILES string of the molecule is Nc1ccc2nc(S(=O)CCC3CC3)[nH]c2c1. The first-order chi connectivity index (χ1) is 8.22. The van der Waals surface area contributed by atoms with E-state index < -0.39 is 10.8 Å². The van der Waals surface area contributed by atoms with Gasteiger partial charge in [-0.3, -0.25) is 4.21 Å². The summed E-state index contributed by atoms with van der Waals surface area (Å²) in [5.41, 5.74) is 8.07. The number of nitrogen functional groups attached to an aromatic ring is 1. The fourth-order valence-corrected chi connectivity index (χ4v) is 3.05. The molecule has 1 heterocycles. The summed E-state index contributed by atoms with van der Waals surface area (Å²) in [7, 11) is -1.01. The van der Waals surface area contributed by atoms with Crippen molar-refractivity contribution < 1.29 is 4.21 Å². The molecule has 0 saturated heterocycles. The van der Waals surface area contributed by atoms with E-state index >= 15 is 0 Å². The quantitative estimate of drug-likeness (QED) is 0.815. The summed E-state index contributed by atoms with van der Waals surface area (Å²) in [6.45, 7) is 0. The van der Waals surface area contributed by atoms with Gasteiger partial charge >= 0.3 is 0 Å². The highest BCUT2D eigenvalue weighted by atomic mass is 32.2. The third kappa shape index (κ3) is 2.34. The molecule has 1 unspecified atom stereocenters. The summed E-state index contributed by atoms with van der Waals surface area (Å²) in [5.74, 6) is 1.51. The molecule has 1 aromatic heterocycles. The van der Waals surface area contributed by atoms with E-state index in [1.165, 1.54) is 12.8 Å². The molecule has 1 aliphatic carbocycles. The molecule has 0 amide bonds. The molecule has 2 aromatic rings. The number of aromatic nitrogens is 2. The number of benzene rings is 1. The van der Waals surface area contributed by atoms with E-state index in [9.17, 15) is 4.21 Å². The smallest absolute Gasteiger partial charge is 0.197 e. The van der Waals surface area contributed by atoms with Crippen LogP contribution >= 0.6 is 0 Å². The third-order valence-corrected chi connectivity index (χ3v) is 4.34. The van der Waals surface area contributed by atoms with E-state index in [0.717, 1.165) is 23.4 Å². The normalized spacial score (nSPS) is 17.4. The lowest BCUT2D eigenvalue weighted by atomic mass is 10.3. The van der Waals surface area contributed by atoms with Gasteiger partial charge in [0.05, 0.1) is 21.8 Å². The Morgan fingerprint density at radius 1 is 1.47 bits per heavy atom. The van der Waals surface area contributed by atoms with Gasteiger partial charge in [-0.1, -0.05) is 12.8 Å². The number of anilines is 1. The molecule has 5 heteroatoms. The van der Waals surface area contributed by atoms with Crippen LogP contribution in [0.3, 0.4) is 0 Å². The van der Waals surface area contributed by atoms with E-state index in [2.05, 4.69) is 9.97 Å². The lowest BCUT2D eigenvalue weighted by Crippen LogP contribution is -2.00. The lowest BCUT2D eigenvalue weighted by molar-refractivity contribution is 0.671. The summed E-state index contributed by atoms with van der Waals surface area (Å²) in [5, 5.41) is 0.575. The molecule has 1 aromatic carbocycles. The molecule has 0 spiro atoms. The van der Waals surface area contributed by atoms with Crippen LogP contribution in [-0.4, -0.2) is 19.9 Å². The highest BCUT2D eigenvalue weighted by molar-refractivity contribution is 7.84. The minimum absolute atomic E-state index is 0.575. The molecule has 1 aliphatic rings. The van der Waals surface area contributed by atoms with Gasteiger partial charge in [0.25, 0.3) is 0 Å². The van der Waals surface area contributed by atoms with Crippen LogP contribution < -0.4 is 5.73 Å². The molecular weight excluding hydrogens is 234 g/mol. The molecule has 1 saturated carbocycles. The van der Waals surface area contributed by atoms with Crippen LogP contribution in [0, 0.1) is 5.92 Å². The monoisotopic (exact) mass is 249 g/mol. The van der Waals surface area contributed by atoms with Crippen LogP contribution in [0.15, 0.2) is 23.4 Å². The number of fused-ring (bicyclic) bond motifs is 1. The molecule has 3 N–H and O–H groups in total. The summed E-state index contributed by atoms with van der Waals surface area (Å²) >= 11 is 0. The van der Waals surface area contributed by atoms with Gasteiger partial charge < -0.3 is 10.7 Å². The van der Waals surface area contributed by atoms with Gasteiger partial charge in [0.15, 0.2) is 5.16 Å². The first kappa shape index (κ1) is 10.8. The van der Waals surface area contributed by atoms with Crippen LogP contribution in [0.2, 0.25) is 0 Å². The molecule has 17 heavy (non-hydrogen) atoms. The highest BCUT2D eigenvalue weighted by Crippen LogP contribution is 2.32. The Morgan fingerprint density at radius 3 is 3.06 bits per heavy atom. The summed E-state index contributed by atoms with van der Waals surface area (Å²) in [6, 6.07) is 5.48. The second kappa shape index (κ2) is 4.14. The van der Waals surface area contributed by atoms with Crippen LogP contribution in [0.1, 0.15) is 19.3 Å². The second-order valence-corrected chi connectivity index (χ2v) is 6.09. The zero-order valence-electron chi connectivity index (χ0n) is 9.48. The van der Waals surface area contributed by atoms with E-state index in [-0.39, 0.29) is 0 Å². The Hall–Kier alpha value is -1.36. The van der Waals surface area contributed by atoms with Crippen molar-refractivity contribution >= 4 is 27.5 Å². The van der Waals surface area contributed by atoms with Crippen LogP contribution in [0.4, 0.5) is 5.69 Å². The molecule has 0 aliphatic heterocycles. The molecule has 1 atom stereocenters. The van der Waals surface area contributed by atoms with Crippen LogP contribution in [0.25, 0.3) is 11.0 Å². The Kier molecular flexibility index (Phi) is 2.63. The molecular formula is C12H15N3OS. The van der Waals surface area contributed by atoms with Crippen LogP contribution in [0.5, 0.6) is 0 Å². The van der Waals surface area contributed by atoms with Crippen LogP contribution in [-0.2, 0) is 10.8 Å². The Bertz CT molecular complexity index is 574. The van der Waals surface area contributed by atoms with Gasteiger partial charge in [-0.2, -0.15) is 0 Å². The number of hydrogen-bond acceptors (Lipinski definition) is 3. The first-order valence-corrected chi connectivity index (χ1v) is 7.18. The van der Waals surface area contributed by atoms with Gasteiger partial charge in [0.2, 0.25) is 0 Å². The van der Waals surface area contributed by atoms with E-state index in [4.69, 9.17) is 5.73 Å². The van der Waals surface area contributed by atoms with Gasteiger partial charge in [-0.05, 0) is 30.5 Å². The maximum Gasteiger partial charge on any atom is 0.197 e. The number of nitrogens with one attached hydrogen (secondary N) is 1. The Balaban J connectivity index is 1.81. The summed E-state index contributed by atoms with van der Waals surface area (Å²) in [6.07, 6.45) is 3.65. The molecule has 3 rings (SSSR count). The molecule has 90 valence electrons. The zero-order chi connectivity index (χ0) is 11.8. The van der Waals surface area contributed by atoms with Crippen molar-refractivity contribution in [2.45, 2.75) is 24.4 Å². The van der Waals surface area contributed by atoms with E-state index in [0.29, 0.717) is 16.6 Å².